The van der Waals surface area contributed by atoms with Gasteiger partial charge in [0, 0.05) is 36.6 Å². The van der Waals surface area contributed by atoms with Gasteiger partial charge in [0.25, 0.3) is 5.91 Å². The SMILES string of the molecule is CCC1C=C(c2ccc(C3CC3)cc2)c2cc(OC)ccc2-n2c(C)nnc2C1CC(=O)NCCNC(=O)c1cccc([Si](C)(C)O)c1. The van der Waals surface area contributed by atoms with E-state index in [0.717, 1.165) is 51.4 Å². The Morgan fingerprint density at radius 2 is 1.75 bits per heavy atom. The Bertz CT molecular complexity index is 1840. The number of aromatic nitrogens is 3. The third kappa shape index (κ3) is 7.14. The van der Waals surface area contributed by atoms with Gasteiger partial charge in [-0.05, 0) is 103 Å². The van der Waals surface area contributed by atoms with Crippen LogP contribution < -0.4 is 20.6 Å². The Hall–Kier alpha value is -4.54. The second-order valence-corrected chi connectivity index (χ2v) is 17.1. The van der Waals surface area contributed by atoms with Gasteiger partial charge in [-0.15, -0.1) is 10.2 Å². The Balaban J connectivity index is 1.24. The Labute approximate surface area is 283 Å². The fraction of sp³-hybridized carbons (Fsp3) is 0.368. The Morgan fingerprint density at radius 3 is 2.44 bits per heavy atom. The summed E-state index contributed by atoms with van der Waals surface area (Å²) < 4.78 is 7.76. The molecule has 1 aliphatic heterocycles. The van der Waals surface area contributed by atoms with E-state index in [1.54, 1.807) is 25.3 Å². The minimum atomic E-state index is -2.53. The molecular formula is C38H45N5O4Si. The quantitative estimate of drug-likeness (QED) is 0.147. The van der Waals surface area contributed by atoms with Crippen LogP contribution in [0.2, 0.25) is 13.1 Å². The molecule has 1 aliphatic carbocycles. The molecule has 250 valence electrons. The summed E-state index contributed by atoms with van der Waals surface area (Å²) in [6, 6.07) is 22.1. The number of carbonyl (C=O) groups excluding carboxylic acids is 2. The Morgan fingerprint density at radius 1 is 1.00 bits per heavy atom. The van der Waals surface area contributed by atoms with Gasteiger partial charge in [-0.1, -0.05) is 49.4 Å². The maximum atomic E-state index is 13.5. The molecule has 2 amide bonds. The predicted molar refractivity (Wildman–Crippen MR) is 190 cm³/mol. The van der Waals surface area contributed by atoms with E-state index in [4.69, 9.17) is 4.74 Å². The van der Waals surface area contributed by atoms with Crippen molar-refractivity contribution >= 4 is 30.9 Å². The highest BCUT2D eigenvalue weighted by atomic mass is 28.4. The highest BCUT2D eigenvalue weighted by Gasteiger charge is 2.33. The van der Waals surface area contributed by atoms with E-state index in [2.05, 4.69) is 68.7 Å². The molecule has 2 atom stereocenters. The topological polar surface area (TPSA) is 118 Å². The molecule has 3 aromatic carbocycles. The third-order valence-corrected chi connectivity index (χ3v) is 11.2. The summed E-state index contributed by atoms with van der Waals surface area (Å²) in [6.07, 6.45) is 5.84. The first kappa shape index (κ1) is 33.4. The molecule has 9 nitrogen and oxygen atoms in total. The Kier molecular flexibility index (Phi) is 9.66. The molecule has 3 N–H and O–H groups in total. The van der Waals surface area contributed by atoms with Crippen molar-refractivity contribution < 1.29 is 19.1 Å². The molecule has 0 saturated heterocycles. The fourth-order valence-electron chi connectivity index (χ4n) is 6.62. The van der Waals surface area contributed by atoms with E-state index >= 15 is 0 Å². The number of nitrogens with one attached hydrogen (secondary N) is 2. The number of amides is 2. The molecule has 2 aliphatic rings. The van der Waals surface area contributed by atoms with Crippen LogP contribution in [0.5, 0.6) is 5.75 Å². The van der Waals surface area contributed by atoms with Crippen molar-refractivity contribution in [3.63, 3.8) is 0 Å². The monoisotopic (exact) mass is 663 g/mol. The number of ether oxygens (including phenoxy) is 1. The zero-order valence-corrected chi connectivity index (χ0v) is 29.4. The first-order valence-corrected chi connectivity index (χ1v) is 19.8. The molecule has 4 aromatic rings. The first-order chi connectivity index (χ1) is 23.1. The number of aryl methyl sites for hydroxylation is 1. The van der Waals surface area contributed by atoms with Crippen molar-refractivity contribution in [2.45, 2.75) is 64.5 Å². The van der Waals surface area contributed by atoms with Gasteiger partial charge in [0.1, 0.15) is 17.4 Å². The molecule has 10 heteroatoms. The molecule has 2 unspecified atom stereocenters. The maximum absolute atomic E-state index is 13.5. The van der Waals surface area contributed by atoms with Crippen LogP contribution in [-0.4, -0.2) is 59.9 Å². The third-order valence-electron chi connectivity index (χ3n) is 9.52. The average molecular weight is 664 g/mol. The van der Waals surface area contributed by atoms with Crippen molar-refractivity contribution in [2.24, 2.45) is 5.92 Å². The normalized spacial score (nSPS) is 17.3. The largest absolute Gasteiger partial charge is 0.497 e. The zero-order valence-electron chi connectivity index (χ0n) is 28.4. The highest BCUT2D eigenvalue weighted by molar-refractivity contribution is 6.83. The van der Waals surface area contributed by atoms with E-state index in [1.807, 2.05) is 38.2 Å². The van der Waals surface area contributed by atoms with Crippen molar-refractivity contribution in [3.05, 3.63) is 107 Å². The van der Waals surface area contributed by atoms with Gasteiger partial charge >= 0.3 is 0 Å². The van der Waals surface area contributed by atoms with Crippen molar-refractivity contribution in [1.29, 1.82) is 0 Å². The summed E-state index contributed by atoms with van der Waals surface area (Å²) in [5.41, 5.74) is 6.08. The van der Waals surface area contributed by atoms with E-state index in [0.29, 0.717) is 11.5 Å². The molecule has 1 aromatic heterocycles. The minimum Gasteiger partial charge on any atom is -0.497 e. The van der Waals surface area contributed by atoms with Gasteiger partial charge in [-0.25, -0.2) is 0 Å². The maximum Gasteiger partial charge on any atom is 0.251 e. The lowest BCUT2D eigenvalue weighted by atomic mass is 9.81. The summed E-state index contributed by atoms with van der Waals surface area (Å²) >= 11 is 0. The van der Waals surface area contributed by atoms with Crippen LogP contribution in [0.3, 0.4) is 0 Å². The number of carbonyl (C=O) groups is 2. The molecule has 48 heavy (non-hydrogen) atoms. The molecule has 0 bridgehead atoms. The first-order valence-electron chi connectivity index (χ1n) is 16.9. The number of hydrogen-bond donors (Lipinski definition) is 3. The van der Waals surface area contributed by atoms with Crippen molar-refractivity contribution in [3.8, 4) is 11.4 Å². The van der Waals surface area contributed by atoms with Crippen molar-refractivity contribution in [2.75, 3.05) is 20.2 Å². The van der Waals surface area contributed by atoms with E-state index in [-0.39, 0.29) is 43.2 Å². The number of nitrogens with zero attached hydrogens (tertiary/aromatic N) is 3. The van der Waals surface area contributed by atoms with Gasteiger partial charge in [0.15, 0.2) is 0 Å². The summed E-state index contributed by atoms with van der Waals surface area (Å²) in [5.74, 6) is 2.37. The number of allylic oxidation sites excluding steroid dienone is 1. The lowest BCUT2D eigenvalue weighted by Gasteiger charge is -2.29. The highest BCUT2D eigenvalue weighted by Crippen LogP contribution is 2.43. The number of fused-ring (bicyclic) bond motifs is 3. The van der Waals surface area contributed by atoms with Gasteiger partial charge in [-0.2, -0.15) is 0 Å². The molecule has 0 spiro atoms. The molecule has 2 heterocycles. The van der Waals surface area contributed by atoms with Crippen LogP contribution in [0.15, 0.2) is 72.8 Å². The van der Waals surface area contributed by atoms with Gasteiger partial charge in [0.05, 0.1) is 12.8 Å². The summed E-state index contributed by atoms with van der Waals surface area (Å²) in [7, 11) is -0.854. The smallest absolute Gasteiger partial charge is 0.251 e. The fourth-order valence-corrected chi connectivity index (χ4v) is 7.63. The van der Waals surface area contributed by atoms with Crippen molar-refractivity contribution in [1.82, 2.24) is 25.4 Å². The van der Waals surface area contributed by atoms with E-state index in [1.165, 1.54) is 18.4 Å². The molecule has 0 radical (unpaired) electrons. The van der Waals surface area contributed by atoms with Gasteiger partial charge in [-0.3, -0.25) is 14.2 Å². The van der Waals surface area contributed by atoms with E-state index < -0.39 is 8.32 Å². The van der Waals surface area contributed by atoms with Crippen LogP contribution in [0.4, 0.5) is 0 Å². The van der Waals surface area contributed by atoms with Gasteiger partial charge in [0.2, 0.25) is 14.2 Å². The lowest BCUT2D eigenvalue weighted by molar-refractivity contribution is -0.121. The number of hydrogen-bond acceptors (Lipinski definition) is 6. The summed E-state index contributed by atoms with van der Waals surface area (Å²) in [6.45, 7) is 8.30. The van der Waals surface area contributed by atoms with Crippen LogP contribution in [0, 0.1) is 12.8 Å². The predicted octanol–water partition coefficient (Wildman–Crippen LogP) is 5.36. The molecule has 6 rings (SSSR count). The number of rotatable bonds is 11. The molecule has 1 saturated carbocycles. The van der Waals surface area contributed by atoms with Crippen LogP contribution in [0.1, 0.15) is 83.1 Å². The minimum absolute atomic E-state index is 0.00173. The number of benzene rings is 3. The molecular weight excluding hydrogens is 619 g/mol. The van der Waals surface area contributed by atoms with Gasteiger partial charge < -0.3 is 20.2 Å². The molecule has 1 fully saturated rings. The zero-order chi connectivity index (χ0) is 34.0. The summed E-state index contributed by atoms with van der Waals surface area (Å²) in [4.78, 5) is 36.8. The van der Waals surface area contributed by atoms with Crippen LogP contribution in [0.25, 0.3) is 11.3 Å². The average Bonchev–Trinajstić information content (AvgIpc) is 3.87. The summed E-state index contributed by atoms with van der Waals surface area (Å²) in [5, 5.41) is 15.8. The van der Waals surface area contributed by atoms with E-state index in [9.17, 15) is 14.4 Å². The second kappa shape index (κ2) is 13.9. The second-order valence-electron chi connectivity index (χ2n) is 13.4. The number of methoxy groups -OCH3 is 1. The standard InChI is InChI=1S/C38H45N5O4Si/c1-6-25-21-32(28-14-12-27(13-15-28)26-10-11-26)34-22-30(47-3)16-17-35(34)43-24(2)41-42-37(43)33(25)23-36(44)39-18-19-40-38(45)29-8-7-9-31(20-29)48(4,5)46/h7-9,12-17,20-22,25-26,33,46H,6,10-11,18-19,23H2,1-5H3,(H,39,44)(H,40,45). The van der Waals surface area contributed by atoms with Crippen LogP contribution >= 0.6 is 0 Å². The lowest BCUT2D eigenvalue weighted by Crippen LogP contribution is -2.42. The van der Waals surface area contributed by atoms with Crippen LogP contribution in [-0.2, 0) is 4.79 Å².